The van der Waals surface area contributed by atoms with Crippen molar-refractivity contribution in [3.8, 4) is 0 Å². The van der Waals surface area contributed by atoms with Crippen LogP contribution in [0, 0.1) is 0 Å². The van der Waals surface area contributed by atoms with Gasteiger partial charge < -0.3 is 4.98 Å². The van der Waals surface area contributed by atoms with E-state index in [0.29, 0.717) is 0 Å². The van der Waals surface area contributed by atoms with Gasteiger partial charge in [0.2, 0.25) is 0 Å². The number of rotatable bonds is 5. The zero-order valence-electron chi connectivity index (χ0n) is 15.7. The Morgan fingerprint density at radius 3 is 2.33 bits per heavy atom. The van der Waals surface area contributed by atoms with Gasteiger partial charge in [-0.3, -0.25) is 0 Å². The van der Waals surface area contributed by atoms with Crippen LogP contribution in [0.1, 0.15) is 47.5 Å². The van der Waals surface area contributed by atoms with Crippen LogP contribution in [0.4, 0.5) is 0 Å². The minimum atomic E-state index is 0.976. The largest absolute Gasteiger partial charge is 0.355 e. The highest BCUT2D eigenvalue weighted by Crippen LogP contribution is 2.25. The minimum Gasteiger partial charge on any atom is -0.355 e. The van der Waals surface area contributed by atoms with Crippen molar-refractivity contribution in [3.63, 3.8) is 0 Å². The molecule has 0 spiro atoms. The molecular weight excluding hydrogens is 290 g/mol. The third-order valence-corrected chi connectivity index (χ3v) is 4.64. The summed E-state index contributed by atoms with van der Waals surface area (Å²) in [4.78, 5) is 3.37. The van der Waals surface area contributed by atoms with E-state index in [-0.39, 0.29) is 0 Å². The molecule has 1 N–H and O–H groups in total. The van der Waals surface area contributed by atoms with Gasteiger partial charge in [0.1, 0.15) is 0 Å². The van der Waals surface area contributed by atoms with Gasteiger partial charge in [0.05, 0.1) is 0 Å². The summed E-state index contributed by atoms with van der Waals surface area (Å²) in [6.45, 7) is 19.1. The number of fused-ring (bicyclic) bond motifs is 1. The molecule has 0 saturated heterocycles. The van der Waals surface area contributed by atoms with E-state index in [4.69, 9.17) is 0 Å². The van der Waals surface area contributed by atoms with E-state index < -0.39 is 0 Å². The van der Waals surface area contributed by atoms with Gasteiger partial charge in [0.15, 0.2) is 0 Å². The topological polar surface area (TPSA) is 15.8 Å². The van der Waals surface area contributed by atoms with E-state index in [0.717, 1.165) is 23.7 Å². The maximum Gasteiger partial charge on any atom is 0.0464 e. The first-order valence-corrected chi connectivity index (χ1v) is 8.57. The monoisotopic (exact) mass is 319 g/mol. The second kappa shape index (κ2) is 7.53. The molecule has 0 unspecified atom stereocenters. The number of H-pyrrole nitrogens is 1. The van der Waals surface area contributed by atoms with Crippen LogP contribution in [-0.2, 0) is 0 Å². The molecule has 0 saturated carbocycles. The Morgan fingerprint density at radius 1 is 1.04 bits per heavy atom. The summed E-state index contributed by atoms with van der Waals surface area (Å²) in [5, 5.41) is 3.40. The zero-order chi connectivity index (χ0) is 17.9. The summed E-state index contributed by atoms with van der Waals surface area (Å²) < 4.78 is 0. The predicted octanol–water partition coefficient (Wildman–Crippen LogP) is 5.39. The Balaban J connectivity index is 2.55. The Labute approximate surface area is 145 Å². The molecule has 0 bridgehead atoms. The standard InChI is InChI=1S/C23H29N/c1-15(2)12-13-20(16(3)4)18(6)17(5)14-22-19(7)24-23-11-9-8-10-21(22)23/h8-11,14,24H,1,7,12-13H2,2-6H3/b18-17+,22-14+. The molecule has 1 aromatic carbocycles. The number of allylic oxidation sites excluding steroid dienone is 5. The molecule has 0 amide bonds. The molecule has 1 heterocycles. The molecular formula is C23H29N. The van der Waals surface area contributed by atoms with Crippen LogP contribution in [0.5, 0.6) is 0 Å². The van der Waals surface area contributed by atoms with Crippen molar-refractivity contribution in [1.82, 2.24) is 4.98 Å². The third-order valence-electron chi connectivity index (χ3n) is 4.64. The summed E-state index contributed by atoms with van der Waals surface area (Å²) in [7, 11) is 0. The zero-order valence-corrected chi connectivity index (χ0v) is 15.7. The smallest absolute Gasteiger partial charge is 0.0464 e. The Bertz CT molecular complexity index is 928. The second-order valence-corrected chi connectivity index (χ2v) is 6.95. The molecule has 0 aliphatic carbocycles. The number of benzene rings is 1. The highest BCUT2D eigenvalue weighted by atomic mass is 14.7. The van der Waals surface area contributed by atoms with Crippen LogP contribution >= 0.6 is 0 Å². The first-order valence-electron chi connectivity index (χ1n) is 8.57. The maximum atomic E-state index is 4.18. The van der Waals surface area contributed by atoms with Crippen LogP contribution in [0.25, 0.3) is 23.6 Å². The first-order chi connectivity index (χ1) is 11.3. The maximum absolute atomic E-state index is 4.18. The molecule has 2 aromatic rings. The summed E-state index contributed by atoms with van der Waals surface area (Å²) >= 11 is 0. The quantitative estimate of drug-likeness (QED) is 0.562. The number of aromatic amines is 1. The van der Waals surface area contributed by atoms with E-state index in [1.807, 2.05) is 0 Å². The minimum absolute atomic E-state index is 0.976. The Kier molecular flexibility index (Phi) is 5.66. The van der Waals surface area contributed by atoms with Crippen molar-refractivity contribution in [2.24, 2.45) is 0 Å². The average Bonchev–Trinajstić information content (AvgIpc) is 2.82. The van der Waals surface area contributed by atoms with E-state index in [1.165, 1.54) is 38.5 Å². The van der Waals surface area contributed by atoms with Gasteiger partial charge in [-0.15, -0.1) is 6.58 Å². The molecule has 0 fully saturated rings. The highest BCUT2D eigenvalue weighted by molar-refractivity contribution is 5.82. The number of nitrogens with one attached hydrogen (secondary N) is 1. The Morgan fingerprint density at radius 2 is 1.71 bits per heavy atom. The molecule has 2 rings (SSSR count). The molecule has 0 aliphatic rings. The van der Waals surface area contributed by atoms with Crippen LogP contribution < -0.4 is 10.6 Å². The Hall–Kier alpha value is -2.28. The van der Waals surface area contributed by atoms with Gasteiger partial charge in [-0.25, -0.2) is 0 Å². The number of hydrogen-bond acceptors (Lipinski definition) is 0. The van der Waals surface area contributed by atoms with Gasteiger partial charge in [-0.05, 0) is 76.3 Å². The average molecular weight is 319 g/mol. The summed E-state index contributed by atoms with van der Waals surface area (Å²) in [5.74, 6) is 0. The molecule has 24 heavy (non-hydrogen) atoms. The van der Waals surface area contributed by atoms with Crippen molar-refractivity contribution in [2.45, 2.75) is 47.5 Å². The van der Waals surface area contributed by atoms with Gasteiger partial charge in [0.25, 0.3) is 0 Å². The lowest BCUT2D eigenvalue weighted by molar-refractivity contribution is 0.915. The number of para-hydroxylation sites is 1. The summed E-state index contributed by atoms with van der Waals surface area (Å²) in [5.41, 5.74) is 7.86. The van der Waals surface area contributed by atoms with E-state index in [1.54, 1.807) is 0 Å². The molecule has 0 atom stereocenters. The lowest BCUT2D eigenvalue weighted by Crippen LogP contribution is -2.20. The molecule has 0 aliphatic heterocycles. The lowest BCUT2D eigenvalue weighted by Gasteiger charge is -2.13. The third kappa shape index (κ3) is 3.97. The van der Waals surface area contributed by atoms with Crippen molar-refractivity contribution in [3.05, 3.63) is 69.3 Å². The summed E-state index contributed by atoms with van der Waals surface area (Å²) in [6, 6.07) is 8.38. The van der Waals surface area contributed by atoms with Crippen molar-refractivity contribution in [1.29, 1.82) is 0 Å². The van der Waals surface area contributed by atoms with Crippen LogP contribution in [0.15, 0.2) is 58.7 Å². The van der Waals surface area contributed by atoms with Gasteiger partial charge in [0, 0.05) is 21.5 Å². The summed E-state index contributed by atoms with van der Waals surface area (Å²) in [6.07, 6.45) is 4.36. The number of hydrogen-bond donors (Lipinski definition) is 1. The van der Waals surface area contributed by atoms with Crippen LogP contribution in [-0.4, -0.2) is 4.98 Å². The fourth-order valence-corrected chi connectivity index (χ4v) is 3.10. The van der Waals surface area contributed by atoms with E-state index >= 15 is 0 Å². The predicted molar refractivity (Wildman–Crippen MR) is 108 cm³/mol. The normalized spacial score (nSPS) is 13.1. The molecule has 1 heteroatoms. The van der Waals surface area contributed by atoms with E-state index in [2.05, 4.69) is 83.1 Å². The van der Waals surface area contributed by atoms with Crippen molar-refractivity contribution < 1.29 is 0 Å². The number of aromatic nitrogens is 1. The fourth-order valence-electron chi connectivity index (χ4n) is 3.10. The van der Waals surface area contributed by atoms with Crippen molar-refractivity contribution in [2.75, 3.05) is 0 Å². The highest BCUT2D eigenvalue weighted by Gasteiger charge is 2.06. The van der Waals surface area contributed by atoms with Crippen molar-refractivity contribution >= 4 is 23.6 Å². The van der Waals surface area contributed by atoms with Gasteiger partial charge >= 0.3 is 0 Å². The van der Waals surface area contributed by atoms with Crippen LogP contribution in [0.2, 0.25) is 0 Å². The van der Waals surface area contributed by atoms with E-state index in [9.17, 15) is 0 Å². The fraction of sp³-hybridized carbons (Fsp3) is 0.304. The van der Waals surface area contributed by atoms with Crippen LogP contribution in [0.3, 0.4) is 0 Å². The SMILES string of the molecule is C=C(C)CCC(=C(C)C)/C(C)=C(C)/C=c1\c(=C)[nH]c2ccccc12. The van der Waals surface area contributed by atoms with Gasteiger partial charge in [-0.2, -0.15) is 0 Å². The second-order valence-electron chi connectivity index (χ2n) is 6.95. The molecule has 1 nitrogen and oxygen atoms in total. The molecule has 1 aromatic heterocycles. The first kappa shape index (κ1) is 18.1. The molecule has 0 radical (unpaired) electrons. The van der Waals surface area contributed by atoms with Gasteiger partial charge in [-0.1, -0.05) is 35.9 Å². The molecule has 126 valence electrons. The lowest BCUT2D eigenvalue weighted by atomic mass is 9.93.